The Labute approximate surface area is 289 Å². The zero-order chi connectivity index (χ0) is 33.7. The van der Waals surface area contributed by atoms with Crippen LogP contribution < -0.4 is 4.74 Å². The number of unbranched alkanes of at least 4 members (excludes halogenated alkanes) is 12. The second kappa shape index (κ2) is 22.9. The highest BCUT2D eigenvalue weighted by atomic mass is 35.5. The van der Waals surface area contributed by atoms with E-state index in [4.69, 9.17) is 30.5 Å². The van der Waals surface area contributed by atoms with E-state index in [9.17, 15) is 9.59 Å². The summed E-state index contributed by atoms with van der Waals surface area (Å²) < 4.78 is 23.9. The second-order valence-corrected chi connectivity index (χ2v) is 13.3. The van der Waals surface area contributed by atoms with Gasteiger partial charge in [-0.1, -0.05) is 121 Å². The summed E-state index contributed by atoms with van der Waals surface area (Å²) >= 11 is 6.64. The molecule has 1 aliphatic heterocycles. The number of ether oxygens (including phenoxy) is 4. The molecule has 0 saturated carbocycles. The maximum atomic E-state index is 12.8. The Kier molecular flexibility index (Phi) is 18.9. The van der Waals surface area contributed by atoms with Gasteiger partial charge < -0.3 is 18.9 Å². The van der Waals surface area contributed by atoms with Crippen LogP contribution in [0.1, 0.15) is 148 Å². The van der Waals surface area contributed by atoms with Crippen LogP contribution >= 0.6 is 11.6 Å². The molecular weight excluding hydrogens is 612 g/mol. The van der Waals surface area contributed by atoms with E-state index in [0.29, 0.717) is 37.3 Å². The van der Waals surface area contributed by atoms with Crippen LogP contribution in [-0.2, 0) is 23.8 Å². The summed E-state index contributed by atoms with van der Waals surface area (Å²) in [4.78, 5) is 25.5. The normalized spacial score (nSPS) is 17.7. The van der Waals surface area contributed by atoms with Gasteiger partial charge in [0.05, 0.1) is 12.7 Å². The minimum absolute atomic E-state index is 0.0700. The molecule has 3 atom stereocenters. The molecule has 1 unspecified atom stereocenters. The molecule has 0 N–H and O–H groups in total. The van der Waals surface area contributed by atoms with Crippen LogP contribution in [0.25, 0.3) is 11.1 Å². The highest BCUT2D eigenvalue weighted by molar-refractivity contribution is 6.33. The highest BCUT2D eigenvalue weighted by Crippen LogP contribution is 2.37. The van der Waals surface area contributed by atoms with E-state index in [1.807, 2.05) is 43.3 Å². The van der Waals surface area contributed by atoms with Crippen molar-refractivity contribution >= 4 is 23.5 Å². The molecule has 2 aromatic carbocycles. The average Bonchev–Trinajstić information content (AvgIpc) is 3.08. The Bertz CT molecular complexity index is 1170. The van der Waals surface area contributed by atoms with E-state index in [1.54, 1.807) is 0 Å². The third-order valence-corrected chi connectivity index (χ3v) is 9.30. The molecule has 0 radical (unpaired) electrons. The third kappa shape index (κ3) is 14.6. The summed E-state index contributed by atoms with van der Waals surface area (Å²) in [6.07, 6.45) is 16.9. The number of carbonyl (C=O) groups is 2. The largest absolute Gasteiger partial charge is 0.494 e. The van der Waals surface area contributed by atoms with Crippen molar-refractivity contribution in [2.75, 3.05) is 13.2 Å². The van der Waals surface area contributed by atoms with Gasteiger partial charge in [0.15, 0.2) is 0 Å². The van der Waals surface area contributed by atoms with Gasteiger partial charge in [0.25, 0.3) is 0 Å². The average molecular weight is 671 g/mol. The lowest BCUT2D eigenvalue weighted by Gasteiger charge is -2.36. The molecule has 0 bridgehead atoms. The van der Waals surface area contributed by atoms with Gasteiger partial charge in [-0.15, -0.1) is 0 Å². The van der Waals surface area contributed by atoms with Crippen molar-refractivity contribution in [3.8, 4) is 16.9 Å². The molecule has 1 fully saturated rings. The molecule has 1 aliphatic rings. The van der Waals surface area contributed by atoms with Crippen molar-refractivity contribution in [1.29, 1.82) is 0 Å². The molecule has 0 aromatic heterocycles. The summed E-state index contributed by atoms with van der Waals surface area (Å²) in [5.41, 5.74) is 2.89. The first-order chi connectivity index (χ1) is 22.9. The highest BCUT2D eigenvalue weighted by Gasteiger charge is 2.35. The van der Waals surface area contributed by atoms with Crippen LogP contribution in [0, 0.1) is 0 Å². The lowest BCUT2D eigenvalue weighted by Crippen LogP contribution is -2.42. The van der Waals surface area contributed by atoms with Crippen LogP contribution in [0.4, 0.5) is 0 Å². The number of hydrogen-bond donors (Lipinski definition) is 0. The quantitative estimate of drug-likeness (QED) is 0.0865. The molecule has 6 nitrogen and oxygen atoms in total. The predicted octanol–water partition coefficient (Wildman–Crippen LogP) is 11.4. The molecule has 262 valence electrons. The summed E-state index contributed by atoms with van der Waals surface area (Å²) in [5, 5.41) is 0.654. The Morgan fingerprint density at radius 2 is 1.34 bits per heavy atom. The number of carbonyl (C=O) groups excluding carboxylic acids is 2. The molecule has 0 spiro atoms. The van der Waals surface area contributed by atoms with Crippen molar-refractivity contribution in [2.45, 2.75) is 155 Å². The maximum Gasteiger partial charge on any atom is 0.306 e. The van der Waals surface area contributed by atoms with E-state index < -0.39 is 12.2 Å². The Hall–Kier alpha value is -2.57. The van der Waals surface area contributed by atoms with Gasteiger partial charge in [0.1, 0.15) is 24.6 Å². The van der Waals surface area contributed by atoms with Crippen LogP contribution in [0.2, 0.25) is 5.02 Å². The lowest BCUT2D eigenvalue weighted by atomic mass is 9.94. The van der Waals surface area contributed by atoms with E-state index in [-0.39, 0.29) is 24.6 Å². The number of benzene rings is 2. The minimum Gasteiger partial charge on any atom is -0.494 e. The van der Waals surface area contributed by atoms with E-state index in [1.165, 1.54) is 51.4 Å². The van der Waals surface area contributed by atoms with Crippen LogP contribution in [0.3, 0.4) is 0 Å². The fourth-order valence-electron chi connectivity index (χ4n) is 6.18. The second-order valence-electron chi connectivity index (χ2n) is 12.9. The van der Waals surface area contributed by atoms with E-state index in [0.717, 1.165) is 61.0 Å². The smallest absolute Gasteiger partial charge is 0.306 e. The van der Waals surface area contributed by atoms with E-state index >= 15 is 0 Å². The Morgan fingerprint density at radius 3 is 1.96 bits per heavy atom. The predicted molar refractivity (Wildman–Crippen MR) is 191 cm³/mol. The first-order valence-corrected chi connectivity index (χ1v) is 18.9. The Balaban J connectivity index is 1.60. The van der Waals surface area contributed by atoms with Crippen molar-refractivity contribution in [3.63, 3.8) is 0 Å². The molecule has 7 heteroatoms. The SMILES string of the molecule is CCCCCCCCCC(=O)OC[C@H]1OC(c2ccc(Cl)c(-c3ccc(OCC)cc3)c2)CC[C@H]1OC(=O)CCCCCCCCC. The molecule has 47 heavy (non-hydrogen) atoms. The zero-order valence-electron chi connectivity index (χ0n) is 29.2. The van der Waals surface area contributed by atoms with Gasteiger partial charge in [0.2, 0.25) is 0 Å². The van der Waals surface area contributed by atoms with Crippen LogP contribution in [0.5, 0.6) is 5.75 Å². The van der Waals surface area contributed by atoms with Crippen molar-refractivity contribution in [1.82, 2.24) is 0 Å². The van der Waals surface area contributed by atoms with Gasteiger partial charge >= 0.3 is 11.9 Å². The summed E-state index contributed by atoms with van der Waals surface area (Å²) in [6.45, 7) is 7.08. The van der Waals surface area contributed by atoms with Crippen molar-refractivity contribution in [3.05, 3.63) is 53.1 Å². The van der Waals surface area contributed by atoms with Crippen LogP contribution in [0.15, 0.2) is 42.5 Å². The fraction of sp³-hybridized carbons (Fsp3) is 0.650. The monoisotopic (exact) mass is 670 g/mol. The van der Waals surface area contributed by atoms with E-state index in [2.05, 4.69) is 19.9 Å². The summed E-state index contributed by atoms with van der Waals surface area (Å²) in [5.74, 6) is 0.395. The Morgan fingerprint density at radius 1 is 0.745 bits per heavy atom. The number of rotatable bonds is 23. The molecule has 2 aromatic rings. The summed E-state index contributed by atoms with van der Waals surface area (Å²) in [6, 6.07) is 13.9. The van der Waals surface area contributed by atoms with Gasteiger partial charge in [-0.2, -0.15) is 0 Å². The number of hydrogen-bond acceptors (Lipinski definition) is 6. The molecule has 0 amide bonds. The zero-order valence-corrected chi connectivity index (χ0v) is 30.0. The van der Waals surface area contributed by atoms with Gasteiger partial charge in [-0.3, -0.25) is 9.59 Å². The van der Waals surface area contributed by atoms with Crippen molar-refractivity contribution in [2.24, 2.45) is 0 Å². The minimum atomic E-state index is -0.533. The van der Waals surface area contributed by atoms with Crippen molar-refractivity contribution < 1.29 is 28.5 Å². The van der Waals surface area contributed by atoms with Crippen LogP contribution in [-0.4, -0.2) is 37.4 Å². The van der Waals surface area contributed by atoms with Gasteiger partial charge in [-0.05, 0) is 68.0 Å². The molecule has 1 saturated heterocycles. The summed E-state index contributed by atoms with van der Waals surface area (Å²) in [7, 11) is 0. The van der Waals surface area contributed by atoms with Gasteiger partial charge in [-0.25, -0.2) is 0 Å². The maximum absolute atomic E-state index is 12.8. The standard InChI is InChI=1S/C40H59ClO6/c1-4-7-9-11-13-15-17-19-39(42)45-30-38-37(47-40(43)20-18-16-14-12-10-8-5-2)28-27-36(46-38)32-23-26-35(41)34(29-32)31-21-24-33(25-22-31)44-6-3/h21-26,29,36-38H,4-20,27-28,30H2,1-3H3/t36?,37-,38-/m1/s1. The lowest BCUT2D eigenvalue weighted by molar-refractivity contribution is -0.184. The molecular formula is C40H59ClO6. The first-order valence-electron chi connectivity index (χ1n) is 18.5. The molecule has 1 heterocycles. The topological polar surface area (TPSA) is 71.1 Å². The number of esters is 2. The fourth-order valence-corrected chi connectivity index (χ4v) is 6.41. The van der Waals surface area contributed by atoms with Gasteiger partial charge in [0, 0.05) is 23.4 Å². The molecule has 0 aliphatic carbocycles. The molecule has 3 rings (SSSR count). The first kappa shape index (κ1) is 38.9. The third-order valence-electron chi connectivity index (χ3n) is 8.97. The number of halogens is 1.